The van der Waals surface area contributed by atoms with E-state index in [9.17, 15) is 0 Å². The fourth-order valence-corrected chi connectivity index (χ4v) is 18.1. The fraction of sp³-hybridized carbons (Fsp3) is 0.408. The first kappa shape index (κ1) is 45.0. The van der Waals surface area contributed by atoms with E-state index in [4.69, 9.17) is 23.2 Å². The summed E-state index contributed by atoms with van der Waals surface area (Å²) in [7, 11) is 0. The Morgan fingerprint density at radius 3 is 1.78 bits per heavy atom. The van der Waals surface area contributed by atoms with Gasteiger partial charge in [-0.15, -0.1) is 0 Å². The van der Waals surface area contributed by atoms with Gasteiger partial charge in [-0.3, -0.25) is 0 Å². The molecule has 0 saturated heterocycles. The third-order valence-corrected chi connectivity index (χ3v) is 20.0. The molecular formula is C49H58Cl4Zr. The quantitative estimate of drug-likeness (QED) is 0.156. The predicted octanol–water partition coefficient (Wildman–Crippen LogP) is 7.97. The Balaban J connectivity index is 0.00000325. The molecule has 0 heterocycles. The molecular weight excluding hydrogens is 822 g/mol. The fourth-order valence-electron chi connectivity index (χ4n) is 8.71. The zero-order chi connectivity index (χ0) is 37.9. The molecule has 6 rings (SSSR count). The number of allylic oxidation sites excluding steroid dienone is 4. The zero-order valence-corrected chi connectivity index (χ0v) is 39.9. The number of fused-ring (bicyclic) bond motifs is 3. The molecule has 0 aromatic heterocycles. The van der Waals surface area contributed by atoms with Crippen LogP contribution >= 0.6 is 23.2 Å². The van der Waals surface area contributed by atoms with Crippen LogP contribution < -0.4 is 28.1 Å². The number of unbranched alkanes of at least 4 members (excludes halogenated alkanes) is 1. The molecule has 0 nitrogen and oxygen atoms in total. The summed E-state index contributed by atoms with van der Waals surface area (Å²) in [5, 5.41) is 1.55. The van der Waals surface area contributed by atoms with E-state index in [-0.39, 0.29) is 41.1 Å². The van der Waals surface area contributed by atoms with Crippen LogP contribution in [0.5, 0.6) is 0 Å². The number of halogens is 4. The molecule has 54 heavy (non-hydrogen) atoms. The van der Waals surface area contributed by atoms with Crippen LogP contribution in [0.3, 0.4) is 0 Å². The average Bonchev–Trinajstić information content (AvgIpc) is 3.62. The molecule has 0 aliphatic heterocycles. The predicted molar refractivity (Wildman–Crippen MR) is 226 cm³/mol. The Hall–Kier alpha value is -1.73. The first-order valence-electron chi connectivity index (χ1n) is 19.3. The molecule has 0 spiro atoms. The van der Waals surface area contributed by atoms with E-state index < -0.39 is 21.3 Å². The number of aryl methyl sites for hydroxylation is 1. The van der Waals surface area contributed by atoms with Crippen LogP contribution in [0.2, 0.25) is 10.0 Å². The van der Waals surface area contributed by atoms with Crippen LogP contribution in [0.25, 0.3) is 11.1 Å². The third kappa shape index (κ3) is 9.03. The van der Waals surface area contributed by atoms with Crippen molar-refractivity contribution >= 4 is 29.7 Å². The first-order chi connectivity index (χ1) is 24.3. The Labute approximate surface area is 357 Å². The maximum atomic E-state index is 6.89. The van der Waals surface area contributed by atoms with Crippen molar-refractivity contribution in [2.24, 2.45) is 11.3 Å². The number of benzene rings is 4. The van der Waals surface area contributed by atoms with Gasteiger partial charge in [-0.25, -0.2) is 0 Å². The molecule has 286 valence electrons. The van der Waals surface area contributed by atoms with Gasteiger partial charge in [0.1, 0.15) is 0 Å². The van der Waals surface area contributed by atoms with Gasteiger partial charge < -0.3 is 24.8 Å². The summed E-state index contributed by atoms with van der Waals surface area (Å²) >= 11 is 10.6. The Bertz CT molecular complexity index is 2100. The zero-order valence-electron chi connectivity index (χ0n) is 34.4. The Morgan fingerprint density at radius 2 is 1.28 bits per heavy atom. The largest absolute Gasteiger partial charge is 1.00 e. The van der Waals surface area contributed by atoms with E-state index in [0.717, 1.165) is 16.5 Å². The molecule has 4 aromatic carbocycles. The maximum Gasteiger partial charge on any atom is -1.00 e. The normalized spacial score (nSPS) is 14.9. The smallest absolute Gasteiger partial charge is 1.00 e. The Morgan fingerprint density at radius 1 is 0.722 bits per heavy atom. The van der Waals surface area contributed by atoms with E-state index >= 15 is 0 Å². The van der Waals surface area contributed by atoms with Crippen LogP contribution in [0, 0.1) is 25.2 Å². The van der Waals surface area contributed by atoms with E-state index in [1.165, 1.54) is 78.1 Å². The summed E-state index contributed by atoms with van der Waals surface area (Å²) in [5.41, 5.74) is 15.8. The van der Waals surface area contributed by atoms with Crippen LogP contribution in [0.15, 0.2) is 87.7 Å². The second kappa shape index (κ2) is 17.0. The summed E-state index contributed by atoms with van der Waals surface area (Å²) in [6.07, 6.45) is 9.89. The van der Waals surface area contributed by atoms with Gasteiger partial charge in [-0.2, -0.15) is 0 Å². The Kier molecular flexibility index (Phi) is 14.2. The number of hydrogen-bond acceptors (Lipinski definition) is 0. The molecule has 0 bridgehead atoms. The van der Waals surface area contributed by atoms with Crippen molar-refractivity contribution in [2.75, 3.05) is 0 Å². The molecule has 5 heteroatoms. The van der Waals surface area contributed by atoms with Gasteiger partial charge in [0.15, 0.2) is 0 Å². The minimum Gasteiger partial charge on any atom is -1.00 e. The second-order valence-corrected chi connectivity index (χ2v) is 25.0. The first-order valence-corrected chi connectivity index (χ1v) is 23.8. The molecule has 0 saturated carbocycles. The second-order valence-electron chi connectivity index (χ2n) is 18.4. The van der Waals surface area contributed by atoms with Gasteiger partial charge in [-0.05, 0) is 0 Å². The molecule has 2 aliphatic rings. The molecule has 1 unspecified atom stereocenters. The molecule has 4 aromatic rings. The van der Waals surface area contributed by atoms with E-state index in [2.05, 4.69) is 150 Å². The summed E-state index contributed by atoms with van der Waals surface area (Å²) in [6.45, 7) is 28.5. The van der Waals surface area contributed by atoms with Gasteiger partial charge in [0, 0.05) is 0 Å². The van der Waals surface area contributed by atoms with Crippen molar-refractivity contribution in [1.82, 2.24) is 0 Å². The van der Waals surface area contributed by atoms with Crippen molar-refractivity contribution in [3.63, 3.8) is 0 Å². The minimum absolute atomic E-state index is 0. The van der Waals surface area contributed by atoms with Crippen molar-refractivity contribution in [3.8, 4) is 11.1 Å². The molecule has 0 fully saturated rings. The molecule has 1 atom stereocenters. The number of rotatable bonds is 7. The van der Waals surface area contributed by atoms with Gasteiger partial charge in [-0.1, -0.05) is 0 Å². The SMILES string of the molecule is CCCCC1C=C(C(C)(C)C)C=[C]1[Zr+2](=[C](c1cccc(Cl)c1)c1cccc(Cl)c1)[c]1c(C)c(C(C)(C)C)cc2c1Cc1cc(C)c(C(C)(C)C)cc1-2.[Cl-].[Cl-]. The monoisotopic (exact) mass is 876 g/mol. The van der Waals surface area contributed by atoms with Crippen LogP contribution in [-0.4, -0.2) is 3.21 Å². The van der Waals surface area contributed by atoms with Crippen molar-refractivity contribution in [3.05, 3.63) is 142 Å². The van der Waals surface area contributed by atoms with Crippen molar-refractivity contribution < 1.29 is 46.1 Å². The standard InChI is InChI=1S/C23H29.C13H8Cl2.C13H21.2ClH.Zr/c1-14-9-16-11-17-10-15(2)21(23(6,7)8)13-19(17)18(16)12-20(14)22(3,4)5;14-12-5-1-3-10(8-12)7-11-4-2-6-13(15)9-11;1-5-6-7-11-8-9-12(10-11)13(2,3)4;;;/h9,12-13H,11H2,1-8H3;1-6,8-9H;9-11H,5-7H2,1-4H3;2*1H;/q;;;;;+2/p-2. The molecule has 0 N–H and O–H groups in total. The summed E-state index contributed by atoms with van der Waals surface area (Å²) in [6, 6.07) is 24.9. The van der Waals surface area contributed by atoms with Gasteiger partial charge in [0.2, 0.25) is 0 Å². The van der Waals surface area contributed by atoms with Gasteiger partial charge in [0.05, 0.1) is 0 Å². The summed E-state index contributed by atoms with van der Waals surface area (Å²) < 4.78 is 4.82. The summed E-state index contributed by atoms with van der Waals surface area (Å²) in [4.78, 5) is 0. The number of hydrogen-bond donors (Lipinski definition) is 0. The van der Waals surface area contributed by atoms with Crippen LogP contribution in [0.4, 0.5) is 0 Å². The summed E-state index contributed by atoms with van der Waals surface area (Å²) in [5.74, 6) is 0.420. The molecule has 0 amide bonds. The van der Waals surface area contributed by atoms with E-state index in [0.29, 0.717) is 5.92 Å². The van der Waals surface area contributed by atoms with Crippen molar-refractivity contribution in [2.45, 2.75) is 120 Å². The van der Waals surface area contributed by atoms with E-state index in [1.54, 1.807) is 12.1 Å². The third-order valence-electron chi connectivity index (χ3n) is 11.3. The topological polar surface area (TPSA) is 0 Å². The van der Waals surface area contributed by atoms with Gasteiger partial charge >= 0.3 is 335 Å². The average molecular weight is 880 g/mol. The van der Waals surface area contributed by atoms with E-state index in [1.807, 2.05) is 12.1 Å². The molecule has 0 radical (unpaired) electrons. The molecule has 2 aliphatic carbocycles. The van der Waals surface area contributed by atoms with Gasteiger partial charge in [0.25, 0.3) is 0 Å². The minimum atomic E-state index is -3.15. The van der Waals surface area contributed by atoms with Crippen LogP contribution in [-0.2, 0) is 38.5 Å². The van der Waals surface area contributed by atoms with Crippen LogP contribution in [0.1, 0.15) is 133 Å². The van der Waals surface area contributed by atoms with Crippen molar-refractivity contribution in [1.29, 1.82) is 0 Å². The maximum absolute atomic E-state index is 6.89.